The normalized spacial score (nSPS) is 9.55. The summed E-state index contributed by atoms with van der Waals surface area (Å²) in [4.78, 5) is 10.3. The molecule has 1 rings (SSSR count). The van der Waals surface area contributed by atoms with E-state index in [1.807, 2.05) is 0 Å². The third-order valence-electron chi connectivity index (χ3n) is 1.15. The Bertz CT molecular complexity index is 300. The molecular weight excluding hydrogens is 168 g/mol. The molecule has 0 saturated carbocycles. The molecule has 0 unspecified atom stereocenters. The lowest BCUT2D eigenvalue weighted by atomic mass is 10.2. The lowest BCUT2D eigenvalue weighted by molar-refractivity contribution is -0.130. The first-order valence-corrected chi connectivity index (χ1v) is 3.16. The second kappa shape index (κ2) is 2.80. The summed E-state index contributed by atoms with van der Waals surface area (Å²) in [6, 6.07) is 1.46. The molecule has 0 amide bonds. The summed E-state index contributed by atoms with van der Waals surface area (Å²) in [7, 11) is 0. The Morgan fingerprint density at radius 2 is 2.36 bits per heavy atom. The number of aliphatic carboxylic acids is 1. The second-order valence-corrected chi connectivity index (χ2v) is 2.29. The standard InChI is InChI=1S/C7H5ClO3/c1-4(7(9)10)6-5(8)2-3-11-6/h2-3H,1H2,(H,9,10). The van der Waals surface area contributed by atoms with E-state index in [4.69, 9.17) is 21.1 Å². The van der Waals surface area contributed by atoms with Crippen LogP contribution in [0.1, 0.15) is 5.76 Å². The highest BCUT2D eigenvalue weighted by Crippen LogP contribution is 2.23. The maximum atomic E-state index is 10.3. The van der Waals surface area contributed by atoms with Gasteiger partial charge in [-0.05, 0) is 6.07 Å². The van der Waals surface area contributed by atoms with Gasteiger partial charge in [-0.1, -0.05) is 18.2 Å². The van der Waals surface area contributed by atoms with Crippen LogP contribution in [-0.4, -0.2) is 11.1 Å². The Kier molecular flexibility index (Phi) is 2.01. The van der Waals surface area contributed by atoms with E-state index < -0.39 is 5.97 Å². The first-order chi connectivity index (χ1) is 5.13. The quantitative estimate of drug-likeness (QED) is 0.695. The minimum Gasteiger partial charge on any atom is -0.478 e. The van der Waals surface area contributed by atoms with E-state index in [2.05, 4.69) is 6.58 Å². The Labute approximate surface area is 67.9 Å². The van der Waals surface area contributed by atoms with Crippen molar-refractivity contribution in [2.45, 2.75) is 0 Å². The van der Waals surface area contributed by atoms with E-state index >= 15 is 0 Å². The number of hydrogen-bond donors (Lipinski definition) is 1. The Balaban J connectivity index is 3.02. The molecule has 0 saturated heterocycles. The fraction of sp³-hybridized carbons (Fsp3) is 0. The molecule has 58 valence electrons. The predicted octanol–water partition coefficient (Wildman–Crippen LogP) is 2.03. The molecule has 1 aromatic heterocycles. The molecule has 0 fully saturated rings. The molecule has 0 aliphatic heterocycles. The average molecular weight is 173 g/mol. The van der Waals surface area contributed by atoms with Crippen LogP contribution in [0, 0.1) is 0 Å². The molecule has 1 aromatic rings. The number of carboxylic acid groups (broad SMARTS) is 1. The summed E-state index contributed by atoms with van der Waals surface area (Å²) in [5.74, 6) is -1.03. The van der Waals surface area contributed by atoms with E-state index in [-0.39, 0.29) is 16.4 Å². The van der Waals surface area contributed by atoms with Gasteiger partial charge in [-0.25, -0.2) is 4.79 Å². The van der Waals surface area contributed by atoms with Crippen molar-refractivity contribution in [1.29, 1.82) is 0 Å². The van der Waals surface area contributed by atoms with Gasteiger partial charge < -0.3 is 9.52 Å². The van der Waals surface area contributed by atoms with E-state index in [0.717, 1.165) is 0 Å². The van der Waals surface area contributed by atoms with E-state index in [1.165, 1.54) is 12.3 Å². The summed E-state index contributed by atoms with van der Waals surface area (Å²) in [6.07, 6.45) is 1.31. The minimum absolute atomic E-state index is 0.110. The highest BCUT2D eigenvalue weighted by molar-refractivity contribution is 6.33. The number of carboxylic acids is 1. The van der Waals surface area contributed by atoms with Crippen LogP contribution in [0.4, 0.5) is 0 Å². The van der Waals surface area contributed by atoms with Gasteiger partial charge in [0.15, 0.2) is 5.76 Å². The van der Waals surface area contributed by atoms with Gasteiger partial charge >= 0.3 is 5.97 Å². The highest BCUT2D eigenvalue weighted by Gasteiger charge is 2.13. The maximum absolute atomic E-state index is 10.3. The highest BCUT2D eigenvalue weighted by atomic mass is 35.5. The van der Waals surface area contributed by atoms with E-state index in [9.17, 15) is 4.79 Å². The first kappa shape index (κ1) is 7.88. The average Bonchev–Trinajstić information content (AvgIpc) is 2.33. The van der Waals surface area contributed by atoms with Gasteiger partial charge in [0, 0.05) is 0 Å². The number of hydrogen-bond acceptors (Lipinski definition) is 2. The molecule has 4 heteroatoms. The minimum atomic E-state index is -1.14. The number of carbonyl (C=O) groups is 1. The number of furan rings is 1. The fourth-order valence-corrected chi connectivity index (χ4v) is 0.816. The molecule has 0 bridgehead atoms. The van der Waals surface area contributed by atoms with Crippen molar-refractivity contribution in [1.82, 2.24) is 0 Å². The van der Waals surface area contributed by atoms with Gasteiger partial charge in [-0.2, -0.15) is 0 Å². The summed E-state index contributed by atoms with van der Waals surface area (Å²) in [5.41, 5.74) is -0.139. The van der Waals surface area contributed by atoms with Crippen LogP contribution in [0.2, 0.25) is 5.02 Å². The molecule has 0 aromatic carbocycles. The molecule has 0 radical (unpaired) electrons. The second-order valence-electron chi connectivity index (χ2n) is 1.88. The Morgan fingerprint density at radius 3 is 2.73 bits per heavy atom. The van der Waals surface area contributed by atoms with Crippen LogP contribution in [0.25, 0.3) is 5.57 Å². The van der Waals surface area contributed by atoms with E-state index in [0.29, 0.717) is 0 Å². The molecule has 3 nitrogen and oxygen atoms in total. The molecular formula is C7H5ClO3. The summed E-state index contributed by atoms with van der Waals surface area (Å²) < 4.78 is 4.78. The monoisotopic (exact) mass is 172 g/mol. The van der Waals surface area contributed by atoms with Gasteiger partial charge in [0.05, 0.1) is 16.9 Å². The lowest BCUT2D eigenvalue weighted by Crippen LogP contribution is -1.96. The molecule has 1 N–H and O–H groups in total. The van der Waals surface area contributed by atoms with Crippen LogP contribution in [0.3, 0.4) is 0 Å². The molecule has 11 heavy (non-hydrogen) atoms. The van der Waals surface area contributed by atoms with Crippen molar-refractivity contribution in [3.8, 4) is 0 Å². The van der Waals surface area contributed by atoms with Gasteiger partial charge in [0.25, 0.3) is 0 Å². The van der Waals surface area contributed by atoms with Crippen molar-refractivity contribution >= 4 is 23.1 Å². The van der Waals surface area contributed by atoms with Crippen molar-refractivity contribution < 1.29 is 14.3 Å². The van der Waals surface area contributed by atoms with Crippen LogP contribution in [0.15, 0.2) is 23.3 Å². The summed E-state index contributed by atoms with van der Waals surface area (Å²) >= 11 is 5.56. The Morgan fingerprint density at radius 1 is 1.73 bits per heavy atom. The topological polar surface area (TPSA) is 50.4 Å². The van der Waals surface area contributed by atoms with Gasteiger partial charge in [0.1, 0.15) is 0 Å². The van der Waals surface area contributed by atoms with Crippen molar-refractivity contribution in [3.05, 3.63) is 29.7 Å². The van der Waals surface area contributed by atoms with Gasteiger partial charge in [-0.15, -0.1) is 0 Å². The third-order valence-corrected chi connectivity index (χ3v) is 1.45. The maximum Gasteiger partial charge on any atom is 0.338 e. The molecule has 1 heterocycles. The van der Waals surface area contributed by atoms with Crippen LogP contribution < -0.4 is 0 Å². The predicted molar refractivity (Wildman–Crippen MR) is 40.4 cm³/mol. The van der Waals surface area contributed by atoms with Crippen LogP contribution in [-0.2, 0) is 4.79 Å². The fourth-order valence-electron chi connectivity index (χ4n) is 0.606. The zero-order valence-electron chi connectivity index (χ0n) is 5.50. The third kappa shape index (κ3) is 1.43. The van der Waals surface area contributed by atoms with Crippen molar-refractivity contribution in [3.63, 3.8) is 0 Å². The van der Waals surface area contributed by atoms with Gasteiger partial charge in [-0.3, -0.25) is 0 Å². The smallest absolute Gasteiger partial charge is 0.338 e. The number of halogens is 1. The zero-order valence-corrected chi connectivity index (χ0v) is 6.26. The van der Waals surface area contributed by atoms with Crippen molar-refractivity contribution in [2.75, 3.05) is 0 Å². The Hall–Kier alpha value is -1.22. The van der Waals surface area contributed by atoms with Gasteiger partial charge in [0.2, 0.25) is 0 Å². The molecule has 0 aliphatic rings. The first-order valence-electron chi connectivity index (χ1n) is 2.78. The molecule has 0 atom stereocenters. The number of rotatable bonds is 2. The largest absolute Gasteiger partial charge is 0.478 e. The summed E-state index contributed by atoms with van der Waals surface area (Å²) in [5, 5.41) is 8.72. The van der Waals surface area contributed by atoms with Crippen LogP contribution >= 0.6 is 11.6 Å². The molecule has 0 aliphatic carbocycles. The summed E-state index contributed by atoms with van der Waals surface area (Å²) in [6.45, 7) is 3.28. The van der Waals surface area contributed by atoms with E-state index in [1.54, 1.807) is 0 Å². The van der Waals surface area contributed by atoms with Crippen molar-refractivity contribution in [2.24, 2.45) is 0 Å². The zero-order chi connectivity index (χ0) is 8.43. The van der Waals surface area contributed by atoms with Crippen LogP contribution in [0.5, 0.6) is 0 Å². The SMILES string of the molecule is C=C(C(=O)O)c1occc1Cl. The molecule has 0 spiro atoms. The lowest BCUT2D eigenvalue weighted by Gasteiger charge is -1.93.